The monoisotopic (exact) mass is 474 g/mol. The van der Waals surface area contributed by atoms with E-state index in [4.69, 9.17) is 0 Å². The first kappa shape index (κ1) is 25.5. The van der Waals surface area contributed by atoms with Gasteiger partial charge in [0.2, 0.25) is 5.91 Å². The highest BCUT2D eigenvalue weighted by Crippen LogP contribution is 2.19. The molecular weight excluding hydrogens is 439 g/mol. The SMILES string of the molecule is C[C@H]1CN(Cc2ccc(CCC(=O)N3CCC(Nc4cccc(F)c4)CC3)cc2)CCN1.Cl. The fourth-order valence-electron chi connectivity index (χ4n) is 4.72. The first-order valence-corrected chi connectivity index (χ1v) is 11.9. The number of piperidine rings is 1. The molecule has 4 rings (SSSR count). The Morgan fingerprint density at radius 3 is 2.52 bits per heavy atom. The van der Waals surface area contributed by atoms with Gasteiger partial charge >= 0.3 is 0 Å². The van der Waals surface area contributed by atoms with Crippen LogP contribution in [0.4, 0.5) is 10.1 Å². The predicted octanol–water partition coefficient (Wildman–Crippen LogP) is 4.08. The Bertz CT molecular complexity index is 886. The number of halogens is 2. The van der Waals surface area contributed by atoms with Gasteiger partial charge in [-0.3, -0.25) is 9.69 Å². The van der Waals surface area contributed by atoms with Crippen molar-refractivity contribution in [2.24, 2.45) is 0 Å². The van der Waals surface area contributed by atoms with Gasteiger partial charge in [0.1, 0.15) is 5.82 Å². The second-order valence-corrected chi connectivity index (χ2v) is 9.22. The van der Waals surface area contributed by atoms with Gasteiger partial charge in [0, 0.05) is 63.5 Å². The Morgan fingerprint density at radius 1 is 1.09 bits per heavy atom. The first-order chi connectivity index (χ1) is 15.5. The minimum Gasteiger partial charge on any atom is -0.382 e. The predicted molar refractivity (Wildman–Crippen MR) is 134 cm³/mol. The lowest BCUT2D eigenvalue weighted by Crippen LogP contribution is -2.48. The van der Waals surface area contributed by atoms with Crippen molar-refractivity contribution in [3.63, 3.8) is 0 Å². The van der Waals surface area contributed by atoms with Crippen molar-refractivity contribution in [1.29, 1.82) is 0 Å². The van der Waals surface area contributed by atoms with Gasteiger partial charge in [0.05, 0.1) is 0 Å². The number of piperazine rings is 1. The minimum atomic E-state index is -0.228. The molecule has 2 N–H and O–H groups in total. The lowest BCUT2D eigenvalue weighted by Gasteiger charge is -2.33. The normalized spacial score (nSPS) is 19.7. The zero-order valence-electron chi connectivity index (χ0n) is 19.4. The number of nitrogens with zero attached hydrogens (tertiary/aromatic N) is 2. The molecule has 0 unspecified atom stereocenters. The Labute approximate surface area is 203 Å². The summed E-state index contributed by atoms with van der Waals surface area (Å²) in [6, 6.07) is 16.2. The highest BCUT2D eigenvalue weighted by atomic mass is 35.5. The molecule has 5 nitrogen and oxygen atoms in total. The zero-order chi connectivity index (χ0) is 22.3. The summed E-state index contributed by atoms with van der Waals surface area (Å²) in [5.74, 6) is 0.00197. The van der Waals surface area contributed by atoms with E-state index in [-0.39, 0.29) is 30.2 Å². The summed E-state index contributed by atoms with van der Waals surface area (Å²) in [4.78, 5) is 17.2. The molecule has 2 aliphatic heterocycles. The van der Waals surface area contributed by atoms with Crippen molar-refractivity contribution >= 4 is 24.0 Å². The minimum absolute atomic E-state index is 0. The van der Waals surface area contributed by atoms with Crippen LogP contribution in [0.15, 0.2) is 48.5 Å². The van der Waals surface area contributed by atoms with E-state index in [1.807, 2.05) is 11.0 Å². The Balaban J connectivity index is 0.00000306. The molecule has 2 heterocycles. The van der Waals surface area contributed by atoms with Crippen LogP contribution in [0.2, 0.25) is 0 Å². The average Bonchev–Trinajstić information content (AvgIpc) is 2.79. The van der Waals surface area contributed by atoms with Crippen LogP contribution in [0.3, 0.4) is 0 Å². The maximum absolute atomic E-state index is 13.4. The third-order valence-electron chi connectivity index (χ3n) is 6.55. The highest BCUT2D eigenvalue weighted by Gasteiger charge is 2.22. The number of aryl methyl sites for hydroxylation is 1. The molecule has 7 heteroatoms. The van der Waals surface area contributed by atoms with Gasteiger partial charge in [-0.2, -0.15) is 0 Å². The number of likely N-dealkylation sites (tertiary alicyclic amines) is 1. The molecule has 0 saturated carbocycles. The number of benzene rings is 2. The first-order valence-electron chi connectivity index (χ1n) is 11.9. The van der Waals surface area contributed by atoms with Crippen LogP contribution in [0.5, 0.6) is 0 Å². The van der Waals surface area contributed by atoms with Crippen molar-refractivity contribution in [2.45, 2.75) is 51.2 Å². The van der Waals surface area contributed by atoms with Crippen molar-refractivity contribution in [3.8, 4) is 0 Å². The maximum atomic E-state index is 13.4. The number of rotatable bonds is 7. The molecule has 2 aromatic rings. The van der Waals surface area contributed by atoms with E-state index in [2.05, 4.69) is 46.7 Å². The fraction of sp³-hybridized carbons (Fsp3) is 0.500. The van der Waals surface area contributed by atoms with Gasteiger partial charge in [-0.1, -0.05) is 30.3 Å². The van der Waals surface area contributed by atoms with Crippen LogP contribution in [0.25, 0.3) is 0 Å². The molecule has 2 saturated heterocycles. The molecule has 0 aromatic heterocycles. The molecule has 0 spiro atoms. The quantitative estimate of drug-likeness (QED) is 0.635. The van der Waals surface area contributed by atoms with Gasteiger partial charge in [0.25, 0.3) is 0 Å². The topological polar surface area (TPSA) is 47.6 Å². The maximum Gasteiger partial charge on any atom is 0.222 e. The second-order valence-electron chi connectivity index (χ2n) is 9.22. The van der Waals surface area contributed by atoms with E-state index in [0.717, 1.165) is 64.2 Å². The largest absolute Gasteiger partial charge is 0.382 e. The number of carbonyl (C=O) groups is 1. The van der Waals surface area contributed by atoms with Crippen LogP contribution in [0.1, 0.15) is 37.3 Å². The van der Waals surface area contributed by atoms with E-state index in [1.54, 1.807) is 6.07 Å². The summed E-state index contributed by atoms with van der Waals surface area (Å²) in [5.41, 5.74) is 3.37. The smallest absolute Gasteiger partial charge is 0.222 e. The lowest BCUT2D eigenvalue weighted by atomic mass is 10.0. The third-order valence-corrected chi connectivity index (χ3v) is 6.55. The lowest BCUT2D eigenvalue weighted by molar-refractivity contribution is -0.132. The molecule has 2 fully saturated rings. The number of anilines is 1. The van der Waals surface area contributed by atoms with E-state index in [0.29, 0.717) is 12.5 Å². The van der Waals surface area contributed by atoms with Crippen LogP contribution >= 0.6 is 12.4 Å². The molecular formula is C26H36ClFN4O. The van der Waals surface area contributed by atoms with E-state index in [9.17, 15) is 9.18 Å². The number of amides is 1. The summed E-state index contributed by atoms with van der Waals surface area (Å²) >= 11 is 0. The average molecular weight is 475 g/mol. The second kappa shape index (κ2) is 12.4. The van der Waals surface area contributed by atoms with Crippen molar-refractivity contribution in [3.05, 3.63) is 65.5 Å². The standard InChI is InChI=1S/C26H35FN4O.ClH/c1-20-18-30(16-13-28-20)19-22-7-5-21(6-8-22)9-10-26(32)31-14-11-24(12-15-31)29-25-4-2-3-23(27)17-25;/h2-8,17,20,24,28-29H,9-16,18-19H2,1H3;1H/t20-;/m0./s1. The van der Waals surface area contributed by atoms with Crippen LogP contribution in [-0.2, 0) is 17.8 Å². The summed E-state index contributed by atoms with van der Waals surface area (Å²) in [6.07, 6.45) is 3.12. The Hall–Kier alpha value is -2.15. The van der Waals surface area contributed by atoms with Gasteiger partial charge < -0.3 is 15.5 Å². The van der Waals surface area contributed by atoms with Crippen molar-refractivity contribution in [2.75, 3.05) is 38.0 Å². The highest BCUT2D eigenvalue weighted by molar-refractivity contribution is 5.85. The van der Waals surface area contributed by atoms with Crippen LogP contribution in [-0.4, -0.2) is 60.5 Å². The molecule has 2 aromatic carbocycles. The molecule has 1 amide bonds. The Morgan fingerprint density at radius 2 is 1.82 bits per heavy atom. The molecule has 0 aliphatic carbocycles. The van der Waals surface area contributed by atoms with Gasteiger partial charge in [0.15, 0.2) is 0 Å². The summed E-state index contributed by atoms with van der Waals surface area (Å²) in [6.45, 7) is 7.97. The summed E-state index contributed by atoms with van der Waals surface area (Å²) in [5, 5.41) is 6.87. The Kier molecular flexibility index (Phi) is 9.53. The van der Waals surface area contributed by atoms with Gasteiger partial charge in [-0.15, -0.1) is 12.4 Å². The van der Waals surface area contributed by atoms with Gasteiger partial charge in [-0.25, -0.2) is 4.39 Å². The molecule has 33 heavy (non-hydrogen) atoms. The van der Waals surface area contributed by atoms with Crippen LogP contribution < -0.4 is 10.6 Å². The van der Waals surface area contributed by atoms with Crippen molar-refractivity contribution < 1.29 is 9.18 Å². The number of hydrogen-bond acceptors (Lipinski definition) is 4. The molecule has 2 aliphatic rings. The number of nitrogens with one attached hydrogen (secondary N) is 2. The fourth-order valence-corrected chi connectivity index (χ4v) is 4.72. The van der Waals surface area contributed by atoms with E-state index in [1.165, 1.54) is 23.3 Å². The third kappa shape index (κ3) is 7.70. The van der Waals surface area contributed by atoms with E-state index < -0.39 is 0 Å². The summed E-state index contributed by atoms with van der Waals surface area (Å²) < 4.78 is 13.4. The zero-order valence-corrected chi connectivity index (χ0v) is 20.2. The molecule has 0 radical (unpaired) electrons. The molecule has 1 atom stereocenters. The van der Waals surface area contributed by atoms with E-state index >= 15 is 0 Å². The van der Waals surface area contributed by atoms with Crippen LogP contribution in [0, 0.1) is 5.82 Å². The van der Waals surface area contributed by atoms with Crippen molar-refractivity contribution in [1.82, 2.24) is 15.1 Å². The summed E-state index contributed by atoms with van der Waals surface area (Å²) in [7, 11) is 0. The molecule has 180 valence electrons. The number of carbonyl (C=O) groups excluding carboxylic acids is 1. The van der Waals surface area contributed by atoms with Gasteiger partial charge in [-0.05, 0) is 55.5 Å². The molecule has 0 bridgehead atoms. The number of hydrogen-bond donors (Lipinski definition) is 2.